The SMILES string of the molecule is O=C(COc1ccccc1Br)N[C@@H]1CC[C@H](NC(=O)C2(c3cccs3)CC2)C1. The molecule has 1 heterocycles. The lowest BCUT2D eigenvalue weighted by Gasteiger charge is -2.19. The summed E-state index contributed by atoms with van der Waals surface area (Å²) in [6.45, 7) is -0.0162. The summed E-state index contributed by atoms with van der Waals surface area (Å²) in [4.78, 5) is 26.1. The van der Waals surface area contributed by atoms with E-state index in [2.05, 4.69) is 32.6 Å². The standard InChI is InChI=1S/C21H23BrN2O3S/c22-16-4-1-2-5-17(16)27-13-19(25)23-14-7-8-15(12-14)24-20(26)21(9-10-21)18-6-3-11-28-18/h1-6,11,14-15H,7-10,12-13H2,(H,23,25)(H,24,26)/t14-,15+/m1/s1. The molecule has 28 heavy (non-hydrogen) atoms. The number of carbonyl (C=O) groups is 2. The van der Waals surface area contributed by atoms with Gasteiger partial charge in [-0.2, -0.15) is 0 Å². The molecule has 2 aromatic rings. The Hall–Kier alpha value is -1.86. The molecule has 2 saturated carbocycles. The maximum atomic E-state index is 12.8. The van der Waals surface area contributed by atoms with Gasteiger partial charge in [-0.25, -0.2) is 0 Å². The average Bonchev–Trinajstić information content (AvgIpc) is 3.09. The van der Waals surface area contributed by atoms with Crippen LogP contribution in [0.5, 0.6) is 5.75 Å². The van der Waals surface area contributed by atoms with E-state index < -0.39 is 0 Å². The Bertz CT molecular complexity index is 851. The lowest BCUT2D eigenvalue weighted by molar-refractivity contribution is -0.124. The minimum atomic E-state index is -0.299. The predicted molar refractivity (Wildman–Crippen MR) is 113 cm³/mol. The highest BCUT2D eigenvalue weighted by atomic mass is 79.9. The molecule has 4 rings (SSSR count). The van der Waals surface area contributed by atoms with Gasteiger partial charge in [0, 0.05) is 17.0 Å². The molecule has 1 aromatic heterocycles. The van der Waals surface area contributed by atoms with Gasteiger partial charge in [-0.1, -0.05) is 18.2 Å². The van der Waals surface area contributed by atoms with E-state index in [-0.39, 0.29) is 35.9 Å². The van der Waals surface area contributed by atoms with Gasteiger partial charge in [-0.3, -0.25) is 9.59 Å². The molecular formula is C21H23BrN2O3S. The molecule has 0 bridgehead atoms. The van der Waals surface area contributed by atoms with E-state index in [1.807, 2.05) is 35.7 Å². The third-order valence-electron chi connectivity index (χ3n) is 5.51. The highest BCUT2D eigenvalue weighted by molar-refractivity contribution is 9.10. The van der Waals surface area contributed by atoms with Crippen molar-refractivity contribution in [1.29, 1.82) is 0 Å². The van der Waals surface area contributed by atoms with Crippen molar-refractivity contribution in [2.24, 2.45) is 0 Å². The maximum Gasteiger partial charge on any atom is 0.258 e. The first kappa shape index (κ1) is 19.5. The number of amides is 2. The third-order valence-corrected chi connectivity index (χ3v) is 7.23. The number of ether oxygens (including phenoxy) is 1. The molecule has 148 valence electrons. The number of carbonyl (C=O) groups excluding carboxylic acids is 2. The van der Waals surface area contributed by atoms with Crippen LogP contribution in [0.25, 0.3) is 0 Å². The zero-order valence-electron chi connectivity index (χ0n) is 15.4. The maximum absolute atomic E-state index is 12.8. The number of benzene rings is 1. The molecule has 2 aliphatic rings. The highest BCUT2D eigenvalue weighted by Gasteiger charge is 2.52. The van der Waals surface area contributed by atoms with Crippen LogP contribution in [-0.4, -0.2) is 30.5 Å². The summed E-state index contributed by atoms with van der Waals surface area (Å²) in [6, 6.07) is 11.7. The van der Waals surface area contributed by atoms with Crippen molar-refractivity contribution >= 4 is 39.1 Å². The van der Waals surface area contributed by atoms with Crippen LogP contribution in [0.4, 0.5) is 0 Å². The van der Waals surface area contributed by atoms with E-state index in [1.54, 1.807) is 11.3 Å². The van der Waals surface area contributed by atoms with Gasteiger partial charge < -0.3 is 15.4 Å². The predicted octanol–water partition coefficient (Wildman–Crippen LogP) is 3.77. The third kappa shape index (κ3) is 4.25. The Morgan fingerprint density at radius 2 is 1.86 bits per heavy atom. The summed E-state index contributed by atoms with van der Waals surface area (Å²) in [5.41, 5.74) is -0.299. The van der Waals surface area contributed by atoms with Gasteiger partial charge in [-0.15, -0.1) is 11.3 Å². The summed E-state index contributed by atoms with van der Waals surface area (Å²) in [5.74, 6) is 0.659. The van der Waals surface area contributed by atoms with Crippen molar-refractivity contribution in [3.8, 4) is 5.75 Å². The van der Waals surface area contributed by atoms with Gasteiger partial charge in [0.25, 0.3) is 5.91 Å². The van der Waals surface area contributed by atoms with E-state index in [9.17, 15) is 9.59 Å². The fraction of sp³-hybridized carbons (Fsp3) is 0.429. The van der Waals surface area contributed by atoms with Crippen molar-refractivity contribution < 1.29 is 14.3 Å². The Balaban J connectivity index is 1.23. The minimum absolute atomic E-state index is 0.0162. The number of nitrogens with one attached hydrogen (secondary N) is 2. The van der Waals surface area contributed by atoms with Crippen LogP contribution in [0.1, 0.15) is 37.0 Å². The van der Waals surface area contributed by atoms with Gasteiger partial charge in [0.2, 0.25) is 5.91 Å². The van der Waals surface area contributed by atoms with Gasteiger partial charge in [0.1, 0.15) is 5.75 Å². The van der Waals surface area contributed by atoms with Gasteiger partial charge in [0.15, 0.2) is 6.61 Å². The Morgan fingerprint density at radius 3 is 2.54 bits per heavy atom. The molecular weight excluding hydrogens is 440 g/mol. The van der Waals surface area contributed by atoms with Crippen molar-refractivity contribution in [2.75, 3.05) is 6.61 Å². The molecule has 2 N–H and O–H groups in total. The van der Waals surface area contributed by atoms with Gasteiger partial charge >= 0.3 is 0 Å². The molecule has 5 nitrogen and oxygen atoms in total. The smallest absolute Gasteiger partial charge is 0.258 e. The van der Waals surface area contributed by atoms with E-state index in [0.717, 1.165) is 41.5 Å². The van der Waals surface area contributed by atoms with E-state index in [1.165, 1.54) is 0 Å². The summed E-state index contributed by atoms with van der Waals surface area (Å²) < 4.78 is 6.39. The van der Waals surface area contributed by atoms with Crippen molar-refractivity contribution in [3.05, 3.63) is 51.1 Å². The van der Waals surface area contributed by atoms with E-state index in [4.69, 9.17) is 4.74 Å². The Morgan fingerprint density at radius 1 is 1.11 bits per heavy atom. The number of hydrogen-bond donors (Lipinski definition) is 2. The quantitative estimate of drug-likeness (QED) is 0.657. The number of rotatable bonds is 7. The van der Waals surface area contributed by atoms with E-state index in [0.29, 0.717) is 5.75 Å². The number of thiophene rings is 1. The molecule has 2 aliphatic carbocycles. The second kappa shape index (κ2) is 8.25. The van der Waals surface area contributed by atoms with Crippen molar-refractivity contribution in [3.63, 3.8) is 0 Å². The molecule has 0 spiro atoms. The van der Waals surface area contributed by atoms with Crippen LogP contribution >= 0.6 is 27.3 Å². The number of hydrogen-bond acceptors (Lipinski definition) is 4. The first-order chi connectivity index (χ1) is 13.6. The second-order valence-electron chi connectivity index (χ2n) is 7.53. The topological polar surface area (TPSA) is 67.4 Å². The first-order valence-electron chi connectivity index (χ1n) is 9.58. The van der Waals surface area contributed by atoms with Crippen LogP contribution in [0.2, 0.25) is 0 Å². The minimum Gasteiger partial charge on any atom is -0.483 e. The van der Waals surface area contributed by atoms with Crippen LogP contribution < -0.4 is 15.4 Å². The average molecular weight is 463 g/mol. The van der Waals surface area contributed by atoms with Crippen LogP contribution in [0, 0.1) is 0 Å². The Labute approximate surface area is 177 Å². The molecule has 0 unspecified atom stereocenters. The zero-order valence-corrected chi connectivity index (χ0v) is 17.9. The second-order valence-corrected chi connectivity index (χ2v) is 9.33. The number of para-hydroxylation sites is 1. The largest absolute Gasteiger partial charge is 0.483 e. The van der Waals surface area contributed by atoms with Crippen LogP contribution in [0.15, 0.2) is 46.3 Å². The molecule has 1 aromatic carbocycles. The molecule has 0 radical (unpaired) electrons. The molecule has 2 atom stereocenters. The van der Waals surface area contributed by atoms with Crippen molar-refractivity contribution in [2.45, 2.75) is 49.6 Å². The first-order valence-corrected chi connectivity index (χ1v) is 11.3. The summed E-state index contributed by atoms with van der Waals surface area (Å²) in [6.07, 6.45) is 4.39. The van der Waals surface area contributed by atoms with Gasteiger partial charge in [-0.05, 0) is 71.6 Å². The number of halogens is 1. The normalized spacial score (nSPS) is 22.5. The monoisotopic (exact) mass is 462 g/mol. The molecule has 0 aliphatic heterocycles. The lowest BCUT2D eigenvalue weighted by atomic mass is 10.0. The summed E-state index contributed by atoms with van der Waals surface area (Å²) in [5, 5.41) is 8.27. The molecule has 7 heteroatoms. The lowest BCUT2D eigenvalue weighted by Crippen LogP contribution is -2.42. The summed E-state index contributed by atoms with van der Waals surface area (Å²) in [7, 11) is 0. The zero-order chi connectivity index (χ0) is 19.6. The Kier molecular flexibility index (Phi) is 5.73. The fourth-order valence-corrected chi connectivity index (χ4v) is 5.19. The van der Waals surface area contributed by atoms with Gasteiger partial charge in [0.05, 0.1) is 9.89 Å². The van der Waals surface area contributed by atoms with E-state index >= 15 is 0 Å². The molecule has 2 amide bonds. The molecule has 2 fully saturated rings. The van der Waals surface area contributed by atoms with Crippen molar-refractivity contribution in [1.82, 2.24) is 10.6 Å². The molecule has 0 saturated heterocycles. The summed E-state index contributed by atoms with van der Waals surface area (Å²) >= 11 is 5.06. The van der Waals surface area contributed by atoms with Crippen LogP contribution in [-0.2, 0) is 15.0 Å². The fourth-order valence-electron chi connectivity index (χ4n) is 3.80. The van der Waals surface area contributed by atoms with Crippen LogP contribution in [0.3, 0.4) is 0 Å². The highest BCUT2D eigenvalue weighted by Crippen LogP contribution is 2.50.